The summed E-state index contributed by atoms with van der Waals surface area (Å²) in [5.74, 6) is -0.0326. The van der Waals surface area contributed by atoms with Gasteiger partial charge in [-0.25, -0.2) is 0 Å². The molecule has 1 saturated heterocycles. The Morgan fingerprint density at radius 2 is 2.00 bits per heavy atom. The van der Waals surface area contributed by atoms with Gasteiger partial charge in [-0.1, -0.05) is 13.3 Å². The van der Waals surface area contributed by atoms with Gasteiger partial charge in [0.15, 0.2) is 0 Å². The van der Waals surface area contributed by atoms with Crippen molar-refractivity contribution in [2.24, 2.45) is 0 Å². The van der Waals surface area contributed by atoms with Gasteiger partial charge in [0.1, 0.15) is 0 Å². The smallest absolute Gasteiger partial charge is 0.237 e. The Morgan fingerprint density at radius 3 is 2.50 bits per heavy atom. The zero-order valence-corrected chi connectivity index (χ0v) is 10.0. The van der Waals surface area contributed by atoms with Crippen LogP contribution in [0.4, 0.5) is 0 Å². The highest BCUT2D eigenvalue weighted by atomic mass is 16.3. The molecule has 0 aromatic rings. The average molecular weight is 230 g/mol. The highest BCUT2D eigenvalue weighted by molar-refractivity contribution is 5.81. The maximum atomic E-state index is 11.7. The van der Waals surface area contributed by atoms with Crippen molar-refractivity contribution in [2.45, 2.75) is 44.9 Å². The fraction of sp³-hybridized carbons (Fsp3) is 0.909. The molecule has 16 heavy (non-hydrogen) atoms. The molecule has 5 nitrogen and oxygen atoms in total. The van der Waals surface area contributed by atoms with E-state index >= 15 is 0 Å². The van der Waals surface area contributed by atoms with Crippen molar-refractivity contribution in [1.29, 1.82) is 0 Å². The van der Waals surface area contributed by atoms with Gasteiger partial charge < -0.3 is 15.5 Å². The minimum atomic E-state index is -0.731. The van der Waals surface area contributed by atoms with Crippen molar-refractivity contribution < 1.29 is 15.0 Å². The number of amides is 1. The SMILES string of the molecule is CCCCNC(=O)C(C)N1C[C@@H](O)[C@@H](O)C1. The van der Waals surface area contributed by atoms with Crippen LogP contribution in [0.25, 0.3) is 0 Å². The Labute approximate surface area is 96.4 Å². The lowest BCUT2D eigenvalue weighted by molar-refractivity contribution is -0.125. The molecule has 1 aliphatic rings. The molecule has 0 bridgehead atoms. The van der Waals surface area contributed by atoms with Crippen LogP contribution in [0.2, 0.25) is 0 Å². The standard InChI is InChI=1S/C11H22N2O3/c1-3-4-5-12-11(16)8(2)13-6-9(14)10(15)7-13/h8-10,14-15H,3-7H2,1-2H3,(H,12,16)/t8?,9-,10+. The number of nitrogens with zero attached hydrogens (tertiary/aromatic N) is 1. The zero-order chi connectivity index (χ0) is 12.1. The number of likely N-dealkylation sites (tertiary alicyclic amines) is 1. The molecule has 3 atom stereocenters. The Hall–Kier alpha value is -0.650. The molecule has 5 heteroatoms. The molecule has 1 amide bonds. The third kappa shape index (κ3) is 3.43. The topological polar surface area (TPSA) is 72.8 Å². The first-order valence-corrected chi connectivity index (χ1v) is 5.94. The molecule has 0 spiro atoms. The Kier molecular flexibility index (Phi) is 5.18. The molecular formula is C11H22N2O3. The third-order valence-electron chi connectivity index (χ3n) is 3.04. The molecule has 0 radical (unpaired) electrons. The molecular weight excluding hydrogens is 208 g/mol. The summed E-state index contributed by atoms with van der Waals surface area (Å²) in [6.45, 7) is 5.29. The summed E-state index contributed by atoms with van der Waals surface area (Å²) in [5.41, 5.74) is 0. The summed E-state index contributed by atoms with van der Waals surface area (Å²) in [6.07, 6.45) is 0.566. The fourth-order valence-electron chi connectivity index (χ4n) is 1.82. The van der Waals surface area contributed by atoms with Gasteiger partial charge in [0, 0.05) is 19.6 Å². The van der Waals surface area contributed by atoms with Crippen LogP contribution < -0.4 is 5.32 Å². The summed E-state index contributed by atoms with van der Waals surface area (Å²) < 4.78 is 0. The monoisotopic (exact) mass is 230 g/mol. The molecule has 0 aliphatic carbocycles. The molecule has 3 N–H and O–H groups in total. The van der Waals surface area contributed by atoms with E-state index in [0.29, 0.717) is 19.6 Å². The summed E-state index contributed by atoms with van der Waals surface area (Å²) in [6, 6.07) is -0.288. The van der Waals surface area contributed by atoms with Crippen LogP contribution in [-0.2, 0) is 4.79 Å². The normalized spacial score (nSPS) is 28.0. The second-order valence-corrected chi connectivity index (χ2v) is 4.41. The lowest BCUT2D eigenvalue weighted by Crippen LogP contribution is -2.44. The summed E-state index contributed by atoms with van der Waals surface area (Å²) >= 11 is 0. The van der Waals surface area contributed by atoms with E-state index in [1.165, 1.54) is 0 Å². The molecule has 0 aromatic carbocycles. The molecule has 1 fully saturated rings. The number of rotatable bonds is 5. The summed E-state index contributed by atoms with van der Waals surface area (Å²) in [4.78, 5) is 13.5. The van der Waals surface area contributed by atoms with Gasteiger partial charge in [-0.3, -0.25) is 9.69 Å². The summed E-state index contributed by atoms with van der Waals surface area (Å²) in [7, 11) is 0. The van der Waals surface area contributed by atoms with Crippen LogP contribution in [0, 0.1) is 0 Å². The van der Waals surface area contributed by atoms with Crippen LogP contribution in [0.15, 0.2) is 0 Å². The Bertz CT molecular complexity index is 225. The second kappa shape index (κ2) is 6.18. The molecule has 1 heterocycles. The zero-order valence-electron chi connectivity index (χ0n) is 10.0. The van der Waals surface area contributed by atoms with Gasteiger partial charge in [-0.05, 0) is 13.3 Å². The van der Waals surface area contributed by atoms with E-state index in [0.717, 1.165) is 12.8 Å². The van der Waals surface area contributed by atoms with E-state index in [1.807, 2.05) is 0 Å². The van der Waals surface area contributed by atoms with E-state index in [9.17, 15) is 15.0 Å². The van der Waals surface area contributed by atoms with Crippen LogP contribution in [0.1, 0.15) is 26.7 Å². The van der Waals surface area contributed by atoms with Crippen molar-refractivity contribution in [1.82, 2.24) is 10.2 Å². The quantitative estimate of drug-likeness (QED) is 0.548. The van der Waals surface area contributed by atoms with Crippen molar-refractivity contribution in [3.63, 3.8) is 0 Å². The van der Waals surface area contributed by atoms with Gasteiger partial charge in [0.05, 0.1) is 18.2 Å². The van der Waals surface area contributed by atoms with Gasteiger partial charge in [0.2, 0.25) is 5.91 Å². The maximum Gasteiger partial charge on any atom is 0.237 e. The number of hydrogen-bond donors (Lipinski definition) is 3. The first-order chi connectivity index (χ1) is 7.56. The number of β-amino-alcohol motifs (C(OH)–C–C–N with tert-alkyl or cyclic N) is 2. The average Bonchev–Trinajstić information content (AvgIpc) is 2.58. The molecule has 0 aromatic heterocycles. The lowest BCUT2D eigenvalue weighted by Gasteiger charge is -2.22. The molecule has 94 valence electrons. The number of unbranched alkanes of at least 4 members (excludes halogenated alkanes) is 1. The van der Waals surface area contributed by atoms with Crippen molar-refractivity contribution in [2.75, 3.05) is 19.6 Å². The highest BCUT2D eigenvalue weighted by Gasteiger charge is 2.34. The fourth-order valence-corrected chi connectivity index (χ4v) is 1.82. The predicted octanol–water partition coefficient (Wildman–Crippen LogP) is -0.671. The molecule has 1 unspecified atom stereocenters. The molecule has 1 aliphatic heterocycles. The Balaban J connectivity index is 2.33. The van der Waals surface area contributed by atoms with Crippen LogP contribution in [0.3, 0.4) is 0 Å². The highest BCUT2D eigenvalue weighted by Crippen LogP contribution is 2.13. The van der Waals surface area contributed by atoms with E-state index in [2.05, 4.69) is 12.2 Å². The number of carbonyl (C=O) groups is 1. The predicted molar refractivity (Wildman–Crippen MR) is 61.0 cm³/mol. The van der Waals surface area contributed by atoms with E-state index < -0.39 is 12.2 Å². The van der Waals surface area contributed by atoms with E-state index in [4.69, 9.17) is 0 Å². The van der Waals surface area contributed by atoms with E-state index in [1.54, 1.807) is 11.8 Å². The van der Waals surface area contributed by atoms with Gasteiger partial charge in [-0.2, -0.15) is 0 Å². The van der Waals surface area contributed by atoms with Crippen molar-refractivity contribution in [3.8, 4) is 0 Å². The lowest BCUT2D eigenvalue weighted by atomic mass is 10.2. The van der Waals surface area contributed by atoms with E-state index in [-0.39, 0.29) is 11.9 Å². The first kappa shape index (κ1) is 13.4. The third-order valence-corrected chi connectivity index (χ3v) is 3.04. The number of aliphatic hydroxyl groups excluding tert-OH is 2. The number of hydrogen-bond acceptors (Lipinski definition) is 4. The molecule has 0 saturated carbocycles. The number of nitrogens with one attached hydrogen (secondary N) is 1. The van der Waals surface area contributed by atoms with Crippen LogP contribution in [0.5, 0.6) is 0 Å². The maximum absolute atomic E-state index is 11.7. The Morgan fingerprint density at radius 1 is 1.44 bits per heavy atom. The van der Waals surface area contributed by atoms with Gasteiger partial charge >= 0.3 is 0 Å². The molecule has 1 rings (SSSR count). The van der Waals surface area contributed by atoms with Crippen molar-refractivity contribution >= 4 is 5.91 Å². The largest absolute Gasteiger partial charge is 0.389 e. The van der Waals surface area contributed by atoms with Crippen LogP contribution >= 0.6 is 0 Å². The minimum Gasteiger partial charge on any atom is -0.389 e. The summed E-state index contributed by atoms with van der Waals surface area (Å²) in [5, 5.41) is 21.6. The second-order valence-electron chi connectivity index (χ2n) is 4.41. The van der Waals surface area contributed by atoms with Crippen molar-refractivity contribution in [3.05, 3.63) is 0 Å². The number of carbonyl (C=O) groups excluding carboxylic acids is 1. The minimum absolute atomic E-state index is 0.0326. The number of aliphatic hydroxyl groups is 2. The van der Waals surface area contributed by atoms with Crippen LogP contribution in [-0.4, -0.2) is 58.9 Å². The van der Waals surface area contributed by atoms with Gasteiger partial charge in [-0.15, -0.1) is 0 Å². The first-order valence-electron chi connectivity index (χ1n) is 5.94. The van der Waals surface area contributed by atoms with Gasteiger partial charge in [0.25, 0.3) is 0 Å².